The molecule has 0 fully saturated rings. The summed E-state index contributed by atoms with van der Waals surface area (Å²) >= 11 is 19.1. The van der Waals surface area contributed by atoms with Gasteiger partial charge in [0.15, 0.2) is 5.69 Å². The second-order valence-corrected chi connectivity index (χ2v) is 6.78. The molecule has 0 unspecified atom stereocenters. The third-order valence-corrected chi connectivity index (χ3v) is 4.69. The molecule has 0 aliphatic carbocycles. The second-order valence-electron chi connectivity index (χ2n) is 4.69. The molecule has 2 heterocycles. The second kappa shape index (κ2) is 7.49. The molecular formula is C16H9Cl3N2O2S. The Labute approximate surface area is 157 Å². The number of rotatable bonds is 4. The van der Waals surface area contributed by atoms with Gasteiger partial charge in [0, 0.05) is 16.0 Å². The minimum absolute atomic E-state index is 0.0811. The highest BCUT2D eigenvalue weighted by molar-refractivity contribution is 7.13. The van der Waals surface area contributed by atoms with Crippen LogP contribution in [-0.4, -0.2) is 15.9 Å². The molecule has 24 heavy (non-hydrogen) atoms. The van der Waals surface area contributed by atoms with Crippen LogP contribution >= 0.6 is 46.1 Å². The first-order chi connectivity index (χ1) is 11.5. The smallest absolute Gasteiger partial charge is 0.358 e. The lowest BCUT2D eigenvalue weighted by atomic mass is 10.2. The van der Waals surface area contributed by atoms with E-state index in [1.165, 1.54) is 11.3 Å². The highest BCUT2D eigenvalue weighted by atomic mass is 35.5. The molecule has 0 saturated heterocycles. The summed E-state index contributed by atoms with van der Waals surface area (Å²) in [4.78, 5) is 20.4. The van der Waals surface area contributed by atoms with E-state index < -0.39 is 5.97 Å². The monoisotopic (exact) mass is 398 g/mol. The SMILES string of the molecule is O=C(OCc1nc(Cl)ccc1Cl)c1csc(-c2cccc(Cl)c2)n1. The molecule has 0 aliphatic heterocycles. The van der Waals surface area contributed by atoms with Crippen LogP contribution in [0.1, 0.15) is 16.2 Å². The molecule has 2 aromatic heterocycles. The van der Waals surface area contributed by atoms with Gasteiger partial charge < -0.3 is 4.74 Å². The quantitative estimate of drug-likeness (QED) is 0.428. The molecule has 0 bridgehead atoms. The fraction of sp³-hybridized carbons (Fsp3) is 0.0625. The summed E-state index contributed by atoms with van der Waals surface area (Å²) in [6, 6.07) is 10.4. The van der Waals surface area contributed by atoms with Crippen LogP contribution in [0.2, 0.25) is 15.2 Å². The van der Waals surface area contributed by atoms with Gasteiger partial charge in [-0.05, 0) is 24.3 Å². The summed E-state index contributed by atoms with van der Waals surface area (Å²) in [5, 5.41) is 3.58. The van der Waals surface area contributed by atoms with E-state index in [2.05, 4.69) is 9.97 Å². The molecule has 0 radical (unpaired) electrons. The van der Waals surface area contributed by atoms with E-state index in [0.29, 0.717) is 20.7 Å². The Balaban J connectivity index is 1.71. The fourth-order valence-corrected chi connectivity index (χ4v) is 3.19. The first-order valence-corrected chi connectivity index (χ1v) is 8.74. The van der Waals surface area contributed by atoms with Crippen LogP contribution in [-0.2, 0) is 11.3 Å². The highest BCUT2D eigenvalue weighted by Crippen LogP contribution is 2.26. The number of aromatic nitrogens is 2. The number of ether oxygens (including phenoxy) is 1. The van der Waals surface area contributed by atoms with Crippen LogP contribution in [0.3, 0.4) is 0 Å². The van der Waals surface area contributed by atoms with Gasteiger partial charge in [0.1, 0.15) is 16.8 Å². The molecular weight excluding hydrogens is 391 g/mol. The molecule has 122 valence electrons. The van der Waals surface area contributed by atoms with Crippen LogP contribution in [0.15, 0.2) is 41.8 Å². The third-order valence-electron chi connectivity index (χ3n) is 3.01. The minimum Gasteiger partial charge on any atom is -0.454 e. The Morgan fingerprint density at radius 2 is 1.96 bits per heavy atom. The molecule has 0 aliphatic rings. The van der Waals surface area contributed by atoms with E-state index in [4.69, 9.17) is 39.5 Å². The van der Waals surface area contributed by atoms with Gasteiger partial charge in [-0.3, -0.25) is 0 Å². The van der Waals surface area contributed by atoms with Crippen molar-refractivity contribution in [3.8, 4) is 10.6 Å². The maximum absolute atomic E-state index is 12.1. The van der Waals surface area contributed by atoms with Crippen LogP contribution in [0, 0.1) is 0 Å². The zero-order valence-electron chi connectivity index (χ0n) is 12.0. The number of benzene rings is 1. The normalized spacial score (nSPS) is 10.6. The van der Waals surface area contributed by atoms with Crippen LogP contribution in [0.25, 0.3) is 10.6 Å². The Morgan fingerprint density at radius 3 is 2.75 bits per heavy atom. The first-order valence-electron chi connectivity index (χ1n) is 6.72. The zero-order chi connectivity index (χ0) is 17.1. The number of halogens is 3. The van der Waals surface area contributed by atoms with Gasteiger partial charge in [0.2, 0.25) is 0 Å². The molecule has 0 N–H and O–H groups in total. The number of hydrogen-bond acceptors (Lipinski definition) is 5. The summed E-state index contributed by atoms with van der Waals surface area (Å²) < 4.78 is 5.20. The van der Waals surface area contributed by atoms with Crippen LogP contribution in [0.4, 0.5) is 0 Å². The molecule has 3 aromatic rings. The Hall–Kier alpha value is -1.66. The Morgan fingerprint density at radius 1 is 1.12 bits per heavy atom. The predicted octanol–water partition coefficient (Wildman–Crippen LogP) is 5.52. The minimum atomic E-state index is -0.558. The maximum Gasteiger partial charge on any atom is 0.358 e. The maximum atomic E-state index is 12.1. The van der Waals surface area contributed by atoms with Crippen molar-refractivity contribution >= 4 is 52.1 Å². The van der Waals surface area contributed by atoms with Crippen molar-refractivity contribution < 1.29 is 9.53 Å². The van der Waals surface area contributed by atoms with Crippen molar-refractivity contribution in [3.05, 3.63) is 68.4 Å². The lowest BCUT2D eigenvalue weighted by Gasteiger charge is -2.04. The summed E-state index contributed by atoms with van der Waals surface area (Å²) in [5.74, 6) is -0.558. The van der Waals surface area contributed by atoms with Gasteiger partial charge in [-0.15, -0.1) is 11.3 Å². The summed E-state index contributed by atoms with van der Waals surface area (Å²) in [7, 11) is 0. The molecule has 0 spiro atoms. The average molecular weight is 400 g/mol. The van der Waals surface area contributed by atoms with Gasteiger partial charge in [-0.25, -0.2) is 14.8 Å². The summed E-state index contributed by atoms with van der Waals surface area (Å²) in [5.41, 5.74) is 1.45. The van der Waals surface area contributed by atoms with E-state index in [1.807, 2.05) is 12.1 Å². The molecule has 0 saturated carbocycles. The average Bonchev–Trinajstić information content (AvgIpc) is 3.05. The number of carbonyl (C=O) groups is 1. The van der Waals surface area contributed by atoms with Gasteiger partial charge >= 0.3 is 5.97 Å². The van der Waals surface area contributed by atoms with Crippen molar-refractivity contribution in [1.29, 1.82) is 0 Å². The molecule has 4 nitrogen and oxygen atoms in total. The topological polar surface area (TPSA) is 52.1 Å². The number of thiazole rings is 1. The predicted molar refractivity (Wildman–Crippen MR) is 95.9 cm³/mol. The summed E-state index contributed by atoms with van der Waals surface area (Å²) in [6.45, 7) is -0.0811. The molecule has 3 rings (SSSR count). The number of nitrogens with zero attached hydrogens (tertiary/aromatic N) is 2. The number of carbonyl (C=O) groups excluding carboxylic acids is 1. The number of hydrogen-bond donors (Lipinski definition) is 0. The van der Waals surface area contributed by atoms with Gasteiger partial charge in [0.25, 0.3) is 0 Å². The molecule has 0 atom stereocenters. The van der Waals surface area contributed by atoms with Crippen molar-refractivity contribution in [2.75, 3.05) is 0 Å². The number of pyridine rings is 1. The Bertz CT molecular complexity index is 899. The largest absolute Gasteiger partial charge is 0.454 e. The lowest BCUT2D eigenvalue weighted by Crippen LogP contribution is -2.07. The third kappa shape index (κ3) is 4.05. The molecule has 8 heteroatoms. The van der Waals surface area contributed by atoms with Crippen molar-refractivity contribution in [3.63, 3.8) is 0 Å². The zero-order valence-corrected chi connectivity index (χ0v) is 15.1. The molecule has 1 aromatic carbocycles. The lowest BCUT2D eigenvalue weighted by molar-refractivity contribution is 0.0462. The number of esters is 1. The van der Waals surface area contributed by atoms with E-state index in [-0.39, 0.29) is 17.5 Å². The van der Waals surface area contributed by atoms with E-state index in [1.54, 1.807) is 29.6 Å². The molecule has 0 amide bonds. The van der Waals surface area contributed by atoms with Crippen molar-refractivity contribution in [2.24, 2.45) is 0 Å². The van der Waals surface area contributed by atoms with E-state index >= 15 is 0 Å². The van der Waals surface area contributed by atoms with Gasteiger partial charge in [-0.1, -0.05) is 46.9 Å². The highest BCUT2D eigenvalue weighted by Gasteiger charge is 2.15. The fourth-order valence-electron chi connectivity index (χ4n) is 1.89. The standard InChI is InChI=1S/C16H9Cl3N2O2S/c17-10-3-1-2-9(6-10)15-21-13(8-24-15)16(22)23-7-12-11(18)4-5-14(19)20-12/h1-6,8H,7H2. The van der Waals surface area contributed by atoms with E-state index in [0.717, 1.165) is 5.56 Å². The van der Waals surface area contributed by atoms with Crippen molar-refractivity contribution in [2.45, 2.75) is 6.61 Å². The first kappa shape index (κ1) is 17.2. The van der Waals surface area contributed by atoms with Gasteiger partial charge in [0.05, 0.1) is 10.7 Å². The van der Waals surface area contributed by atoms with Gasteiger partial charge in [-0.2, -0.15) is 0 Å². The van der Waals surface area contributed by atoms with Crippen LogP contribution in [0.5, 0.6) is 0 Å². The van der Waals surface area contributed by atoms with Crippen molar-refractivity contribution in [1.82, 2.24) is 9.97 Å². The Kier molecular flexibility index (Phi) is 5.36. The summed E-state index contributed by atoms with van der Waals surface area (Å²) in [6.07, 6.45) is 0. The van der Waals surface area contributed by atoms with Crippen LogP contribution < -0.4 is 0 Å². The van der Waals surface area contributed by atoms with E-state index in [9.17, 15) is 4.79 Å².